The van der Waals surface area contributed by atoms with Crippen molar-refractivity contribution in [3.63, 3.8) is 0 Å². The van der Waals surface area contributed by atoms with Gasteiger partial charge < -0.3 is 14.8 Å². The molecule has 1 atom stereocenters. The highest BCUT2D eigenvalue weighted by Gasteiger charge is 2.23. The Kier molecular flexibility index (Phi) is 20.5. The molecule has 0 aromatic heterocycles. The summed E-state index contributed by atoms with van der Waals surface area (Å²) in [4.78, 5) is 50.5. The number of benzene rings is 3. The Labute approximate surface area is 299 Å². The lowest BCUT2D eigenvalue weighted by atomic mass is 9.86. The smallest absolute Gasteiger partial charge is 0.328 e. The fraction of sp³-hybridized carbons (Fsp3) is 0.463. The first-order chi connectivity index (χ1) is 23.9. The van der Waals surface area contributed by atoms with Crippen molar-refractivity contribution < 1.29 is 28.7 Å². The summed E-state index contributed by atoms with van der Waals surface area (Å²) in [6, 6.07) is 19.6. The van der Waals surface area contributed by atoms with Crippen LogP contribution in [0.1, 0.15) is 136 Å². The molecule has 9 heteroatoms. The first-order valence-electron chi connectivity index (χ1n) is 17.8. The van der Waals surface area contributed by atoms with E-state index in [1.54, 1.807) is 60.7 Å². The zero-order valence-corrected chi connectivity index (χ0v) is 31.6. The molecule has 0 aliphatic carbocycles. The second-order valence-corrected chi connectivity index (χ2v) is 12.7. The predicted molar refractivity (Wildman–Crippen MR) is 201 cm³/mol. The number of rotatable bonds is 14. The third-order valence-corrected chi connectivity index (χ3v) is 7.38. The normalized spacial score (nSPS) is 11.0. The lowest BCUT2D eigenvalue weighted by molar-refractivity contribution is -0.142. The van der Waals surface area contributed by atoms with Gasteiger partial charge in [0.2, 0.25) is 0 Å². The molecule has 1 unspecified atom stereocenters. The quantitative estimate of drug-likeness (QED) is 0.0888. The maximum atomic E-state index is 12.9. The molecule has 0 saturated carbocycles. The summed E-state index contributed by atoms with van der Waals surface area (Å²) in [5, 5.41) is 2.75. The number of hydrogen-bond acceptors (Lipinski definition) is 6. The van der Waals surface area contributed by atoms with Crippen LogP contribution in [0.2, 0.25) is 0 Å². The van der Waals surface area contributed by atoms with Crippen molar-refractivity contribution in [3.8, 4) is 5.75 Å². The zero-order valence-electron chi connectivity index (χ0n) is 31.6. The Hall–Kier alpha value is -4.66. The molecule has 0 radical (unpaired) electrons. The lowest BCUT2D eigenvalue weighted by Gasteiger charge is -2.20. The molecule has 0 aliphatic heterocycles. The van der Waals surface area contributed by atoms with Crippen LogP contribution in [0.4, 0.5) is 0 Å². The van der Waals surface area contributed by atoms with Crippen LogP contribution in [0.3, 0.4) is 0 Å². The Morgan fingerprint density at radius 1 is 0.660 bits per heavy atom. The van der Waals surface area contributed by atoms with Crippen LogP contribution in [0, 0.1) is 0 Å². The second kappa shape index (κ2) is 23.7. The number of esters is 1. The van der Waals surface area contributed by atoms with Crippen LogP contribution in [0.15, 0.2) is 72.8 Å². The minimum atomic E-state index is -0.925. The summed E-state index contributed by atoms with van der Waals surface area (Å²) in [5.74, 6) is -1.25. The SMILES string of the molecule is CC.CCC.CCCCCCCOc1ccc(C(=O)NNC(=O)c2ccc(CC(NC(=O)c3ccc(C(C)(C)C)cc3)C(=O)OC)cc2)cc1. The Balaban J connectivity index is 0.00000237. The average molecular weight is 690 g/mol. The van der Waals surface area contributed by atoms with E-state index in [1.807, 2.05) is 26.0 Å². The molecule has 9 nitrogen and oxygen atoms in total. The molecule has 3 N–H and O–H groups in total. The highest BCUT2D eigenvalue weighted by atomic mass is 16.5. The van der Waals surface area contributed by atoms with E-state index in [1.165, 1.54) is 32.8 Å². The van der Waals surface area contributed by atoms with Gasteiger partial charge in [-0.05, 0) is 71.5 Å². The Morgan fingerprint density at radius 2 is 1.12 bits per heavy atom. The van der Waals surface area contributed by atoms with Crippen LogP contribution in [0.25, 0.3) is 0 Å². The average Bonchev–Trinajstić information content (AvgIpc) is 3.12. The van der Waals surface area contributed by atoms with Crippen molar-refractivity contribution >= 4 is 23.7 Å². The molecule has 0 aliphatic rings. The summed E-state index contributed by atoms with van der Waals surface area (Å²) >= 11 is 0. The van der Waals surface area contributed by atoms with Crippen molar-refractivity contribution in [3.05, 3.63) is 101 Å². The molecular weight excluding hydrogens is 630 g/mol. The molecule has 3 rings (SSSR count). The van der Waals surface area contributed by atoms with Crippen molar-refractivity contribution in [2.75, 3.05) is 13.7 Å². The van der Waals surface area contributed by atoms with Crippen LogP contribution in [-0.2, 0) is 21.4 Å². The Morgan fingerprint density at radius 3 is 1.60 bits per heavy atom. The maximum absolute atomic E-state index is 12.9. The minimum absolute atomic E-state index is 0.0487. The zero-order chi connectivity index (χ0) is 37.5. The van der Waals surface area contributed by atoms with E-state index in [9.17, 15) is 19.2 Å². The van der Waals surface area contributed by atoms with Gasteiger partial charge >= 0.3 is 5.97 Å². The molecule has 0 heterocycles. The number of amides is 3. The Bertz CT molecular complexity index is 1430. The van der Waals surface area contributed by atoms with Gasteiger partial charge in [-0.25, -0.2) is 4.79 Å². The van der Waals surface area contributed by atoms with E-state index >= 15 is 0 Å². The molecule has 0 spiro atoms. The summed E-state index contributed by atoms with van der Waals surface area (Å²) in [7, 11) is 1.26. The highest BCUT2D eigenvalue weighted by Crippen LogP contribution is 2.22. The molecular formula is C41H59N3O6. The number of carbonyl (C=O) groups excluding carboxylic acids is 4. The number of carbonyl (C=O) groups is 4. The van der Waals surface area contributed by atoms with Crippen molar-refractivity contribution in [2.45, 2.75) is 112 Å². The predicted octanol–water partition coefficient (Wildman–Crippen LogP) is 8.36. The number of ether oxygens (including phenoxy) is 2. The van der Waals surface area contributed by atoms with Gasteiger partial charge in [0.25, 0.3) is 17.7 Å². The van der Waals surface area contributed by atoms with Gasteiger partial charge in [0.1, 0.15) is 11.8 Å². The van der Waals surface area contributed by atoms with E-state index in [0.717, 1.165) is 18.4 Å². The maximum Gasteiger partial charge on any atom is 0.328 e. The third kappa shape index (κ3) is 15.7. The van der Waals surface area contributed by atoms with Crippen LogP contribution in [-0.4, -0.2) is 43.4 Å². The molecule has 50 heavy (non-hydrogen) atoms. The van der Waals surface area contributed by atoms with Crippen LogP contribution in [0.5, 0.6) is 5.75 Å². The molecule has 0 fully saturated rings. The lowest BCUT2D eigenvalue weighted by Crippen LogP contribution is -2.43. The molecule has 3 aromatic carbocycles. The van der Waals surface area contributed by atoms with E-state index < -0.39 is 29.7 Å². The van der Waals surface area contributed by atoms with Crippen molar-refractivity contribution in [1.29, 1.82) is 0 Å². The van der Waals surface area contributed by atoms with Gasteiger partial charge in [-0.1, -0.05) is 112 Å². The fourth-order valence-corrected chi connectivity index (χ4v) is 4.58. The summed E-state index contributed by atoms with van der Waals surface area (Å²) in [5.41, 5.74) is 7.70. The molecule has 0 saturated heterocycles. The number of unbranched alkanes of at least 4 members (excludes halogenated alkanes) is 4. The van der Waals surface area contributed by atoms with Crippen LogP contribution >= 0.6 is 0 Å². The van der Waals surface area contributed by atoms with E-state index in [2.05, 4.69) is 57.7 Å². The number of methoxy groups -OCH3 is 1. The standard InChI is InChI=1S/C36H45N3O6.C3H8.C2H6/c1-6-7-8-9-10-23-45-30-21-17-28(18-22-30)34(42)39-38-33(41)27-13-11-25(12-14-27)24-31(35(43)44-5)37-32(40)26-15-19-29(20-16-26)36(2,3)4;1-3-2;1-2/h11-22,31H,6-10,23-24H2,1-5H3,(H,37,40)(H,38,41)(H,39,42);3H2,1-2H3;1-2H3. The third-order valence-electron chi connectivity index (χ3n) is 7.38. The molecule has 3 amide bonds. The first-order valence-corrected chi connectivity index (χ1v) is 17.8. The topological polar surface area (TPSA) is 123 Å². The highest BCUT2D eigenvalue weighted by molar-refractivity contribution is 5.99. The largest absolute Gasteiger partial charge is 0.494 e. The summed E-state index contributed by atoms with van der Waals surface area (Å²) < 4.78 is 10.6. The minimum Gasteiger partial charge on any atom is -0.494 e. The van der Waals surface area contributed by atoms with Gasteiger partial charge in [-0.2, -0.15) is 0 Å². The first kappa shape index (κ1) is 43.4. The fourth-order valence-electron chi connectivity index (χ4n) is 4.58. The van der Waals surface area contributed by atoms with Gasteiger partial charge in [-0.15, -0.1) is 0 Å². The number of hydrogen-bond donors (Lipinski definition) is 3. The monoisotopic (exact) mass is 689 g/mol. The van der Waals surface area contributed by atoms with E-state index in [-0.39, 0.29) is 11.8 Å². The molecule has 0 bridgehead atoms. The molecule has 3 aromatic rings. The number of hydrazine groups is 1. The van der Waals surface area contributed by atoms with E-state index in [4.69, 9.17) is 9.47 Å². The van der Waals surface area contributed by atoms with Crippen molar-refractivity contribution in [1.82, 2.24) is 16.2 Å². The van der Waals surface area contributed by atoms with E-state index in [0.29, 0.717) is 34.6 Å². The number of nitrogens with one attached hydrogen (secondary N) is 3. The van der Waals surface area contributed by atoms with Gasteiger partial charge in [0, 0.05) is 23.1 Å². The second-order valence-electron chi connectivity index (χ2n) is 12.7. The summed E-state index contributed by atoms with van der Waals surface area (Å²) in [6.45, 7) is 17.3. The van der Waals surface area contributed by atoms with Gasteiger partial charge in [-0.3, -0.25) is 25.2 Å². The summed E-state index contributed by atoms with van der Waals surface area (Å²) in [6.07, 6.45) is 7.18. The van der Waals surface area contributed by atoms with Crippen LogP contribution < -0.4 is 20.9 Å². The van der Waals surface area contributed by atoms with Gasteiger partial charge in [0.15, 0.2) is 0 Å². The van der Waals surface area contributed by atoms with Gasteiger partial charge in [0.05, 0.1) is 13.7 Å². The van der Waals surface area contributed by atoms with Crippen molar-refractivity contribution in [2.24, 2.45) is 0 Å². The molecule has 274 valence electrons.